The Labute approximate surface area is 186 Å². The van der Waals surface area contributed by atoms with E-state index in [0.717, 1.165) is 28.6 Å². The minimum absolute atomic E-state index is 0.373. The van der Waals surface area contributed by atoms with Gasteiger partial charge in [-0.3, -0.25) is 9.59 Å². The van der Waals surface area contributed by atoms with Crippen molar-refractivity contribution in [1.29, 1.82) is 0 Å². The highest BCUT2D eigenvalue weighted by molar-refractivity contribution is 6.01. The lowest BCUT2D eigenvalue weighted by Gasteiger charge is -2.13. The summed E-state index contributed by atoms with van der Waals surface area (Å²) in [7, 11) is 0. The van der Waals surface area contributed by atoms with Crippen molar-refractivity contribution >= 4 is 22.3 Å². The molecule has 0 aliphatic rings. The predicted octanol–water partition coefficient (Wildman–Crippen LogP) is 5.57. The largest absolute Gasteiger partial charge is 0.352 e. The van der Waals surface area contributed by atoms with Gasteiger partial charge in [-0.2, -0.15) is 0 Å². The normalized spacial score (nSPS) is 11.3. The van der Waals surface area contributed by atoms with Gasteiger partial charge >= 0.3 is 0 Å². The summed E-state index contributed by atoms with van der Waals surface area (Å²) in [5.41, 5.74) is 6.25. The highest BCUT2D eigenvalue weighted by Gasteiger charge is 2.25. The average molecular weight is 421 g/mol. The molecule has 0 amide bonds. The Morgan fingerprint density at radius 1 is 0.844 bits per heavy atom. The first kappa shape index (κ1) is 20.0. The van der Waals surface area contributed by atoms with Crippen LogP contribution in [0.5, 0.6) is 0 Å². The molecular formula is C28H24N2O2. The quantitative estimate of drug-likeness (QED) is 0.366. The zero-order valence-corrected chi connectivity index (χ0v) is 18.2. The Morgan fingerprint density at radius 3 is 2.31 bits per heavy atom. The molecule has 0 fully saturated rings. The van der Waals surface area contributed by atoms with Crippen molar-refractivity contribution in [3.63, 3.8) is 0 Å². The molecule has 0 spiro atoms. The van der Waals surface area contributed by atoms with E-state index < -0.39 is 10.9 Å². The van der Waals surface area contributed by atoms with Crippen LogP contribution in [0.25, 0.3) is 22.0 Å². The molecule has 5 aromatic rings. The Kier molecular flexibility index (Phi) is 4.98. The standard InChI is InChI=1S/C28H24N2O2/c1-3-19-12-14-21(15-13-19)29-26-25(27(31)28(26)32)23-17-30(24-11-7-6-10-22(23)24)16-20-9-5-4-8-18(20)2/h4-15,17,29H,3,16H2,1-2H3. The predicted molar refractivity (Wildman–Crippen MR) is 132 cm³/mol. The van der Waals surface area contributed by atoms with Crippen LogP contribution in [0.3, 0.4) is 0 Å². The van der Waals surface area contributed by atoms with Crippen LogP contribution in [-0.2, 0) is 13.0 Å². The summed E-state index contributed by atoms with van der Waals surface area (Å²) in [5, 5.41) is 4.16. The lowest BCUT2D eigenvalue weighted by Crippen LogP contribution is -2.35. The maximum atomic E-state index is 12.7. The van der Waals surface area contributed by atoms with Gasteiger partial charge in [0, 0.05) is 34.9 Å². The number of hydrogen-bond donors (Lipinski definition) is 1. The van der Waals surface area contributed by atoms with Gasteiger partial charge < -0.3 is 9.88 Å². The zero-order chi connectivity index (χ0) is 22.2. The molecule has 4 heteroatoms. The van der Waals surface area contributed by atoms with Gasteiger partial charge in [0.25, 0.3) is 5.43 Å². The third-order valence-corrected chi connectivity index (χ3v) is 6.20. The monoisotopic (exact) mass is 420 g/mol. The van der Waals surface area contributed by atoms with E-state index in [2.05, 4.69) is 41.9 Å². The van der Waals surface area contributed by atoms with Crippen LogP contribution in [-0.4, -0.2) is 4.57 Å². The third kappa shape index (κ3) is 3.34. The second kappa shape index (κ2) is 7.97. The van der Waals surface area contributed by atoms with E-state index in [1.54, 1.807) is 0 Å². The van der Waals surface area contributed by atoms with Crippen molar-refractivity contribution in [1.82, 2.24) is 4.57 Å². The maximum Gasteiger partial charge on any atom is 0.250 e. The molecule has 0 radical (unpaired) electrons. The van der Waals surface area contributed by atoms with Crippen LogP contribution in [0.1, 0.15) is 23.6 Å². The van der Waals surface area contributed by atoms with Crippen molar-refractivity contribution in [3.8, 4) is 11.1 Å². The zero-order valence-electron chi connectivity index (χ0n) is 18.2. The van der Waals surface area contributed by atoms with E-state index in [1.165, 1.54) is 16.7 Å². The molecule has 0 bridgehead atoms. The van der Waals surface area contributed by atoms with Crippen molar-refractivity contribution in [2.24, 2.45) is 0 Å². The molecule has 0 aliphatic carbocycles. The van der Waals surface area contributed by atoms with Crippen LogP contribution in [0.4, 0.5) is 11.4 Å². The molecule has 0 aliphatic heterocycles. The molecule has 32 heavy (non-hydrogen) atoms. The minimum Gasteiger partial charge on any atom is -0.352 e. The van der Waals surface area contributed by atoms with Crippen LogP contribution >= 0.6 is 0 Å². The molecule has 0 unspecified atom stereocenters. The lowest BCUT2D eigenvalue weighted by atomic mass is 9.98. The second-order valence-corrected chi connectivity index (χ2v) is 8.20. The van der Waals surface area contributed by atoms with Crippen LogP contribution in [0, 0.1) is 6.92 Å². The number of nitrogens with one attached hydrogen (secondary N) is 1. The summed E-state index contributed by atoms with van der Waals surface area (Å²) in [4.78, 5) is 25.1. The van der Waals surface area contributed by atoms with Gasteiger partial charge in [-0.15, -0.1) is 0 Å². The molecule has 0 saturated carbocycles. The molecule has 5 rings (SSSR count). The number of hydrogen-bond acceptors (Lipinski definition) is 3. The van der Waals surface area contributed by atoms with Crippen molar-refractivity contribution < 1.29 is 0 Å². The van der Waals surface area contributed by atoms with Crippen molar-refractivity contribution in [3.05, 3.63) is 116 Å². The molecule has 4 nitrogen and oxygen atoms in total. The SMILES string of the molecule is CCc1ccc(Nc2c(-c3cn(Cc4ccccc4C)c4ccccc34)c(=O)c2=O)cc1. The number of aryl methyl sites for hydroxylation is 2. The average Bonchev–Trinajstić information content (AvgIpc) is 3.18. The Balaban J connectivity index is 1.59. The topological polar surface area (TPSA) is 51.1 Å². The van der Waals surface area contributed by atoms with Gasteiger partial charge in [-0.25, -0.2) is 0 Å². The number of benzene rings is 3. The Hall–Kier alpha value is -3.92. The van der Waals surface area contributed by atoms with E-state index in [-0.39, 0.29) is 0 Å². The third-order valence-electron chi connectivity index (χ3n) is 6.20. The molecule has 0 atom stereocenters. The van der Waals surface area contributed by atoms with Crippen molar-refractivity contribution in [2.45, 2.75) is 26.8 Å². The number of para-hydroxylation sites is 1. The van der Waals surface area contributed by atoms with E-state index in [9.17, 15) is 9.59 Å². The van der Waals surface area contributed by atoms with Gasteiger partial charge in [-0.1, -0.05) is 61.5 Å². The summed E-state index contributed by atoms with van der Waals surface area (Å²) in [6.45, 7) is 4.90. The van der Waals surface area contributed by atoms with Crippen LogP contribution < -0.4 is 16.2 Å². The fraction of sp³-hybridized carbons (Fsp3) is 0.143. The maximum absolute atomic E-state index is 12.7. The fourth-order valence-corrected chi connectivity index (χ4v) is 4.28. The molecule has 1 heterocycles. The summed E-state index contributed by atoms with van der Waals surface area (Å²) in [5.74, 6) is 0. The molecular weight excluding hydrogens is 396 g/mol. The molecule has 4 aromatic carbocycles. The number of nitrogens with zero attached hydrogens (tertiary/aromatic N) is 1. The van der Waals surface area contributed by atoms with Crippen molar-refractivity contribution in [2.75, 3.05) is 5.32 Å². The van der Waals surface area contributed by atoms with E-state index in [0.29, 0.717) is 17.8 Å². The van der Waals surface area contributed by atoms with Crippen LogP contribution in [0.15, 0.2) is 88.6 Å². The van der Waals surface area contributed by atoms with Gasteiger partial charge in [0.05, 0.1) is 5.56 Å². The van der Waals surface area contributed by atoms with Crippen LogP contribution in [0.2, 0.25) is 0 Å². The van der Waals surface area contributed by atoms with E-state index >= 15 is 0 Å². The van der Waals surface area contributed by atoms with E-state index in [1.807, 2.05) is 60.8 Å². The van der Waals surface area contributed by atoms with Gasteiger partial charge in [-0.05, 0) is 48.2 Å². The molecule has 1 N–H and O–H groups in total. The highest BCUT2D eigenvalue weighted by Crippen LogP contribution is 2.34. The molecule has 158 valence electrons. The first-order valence-corrected chi connectivity index (χ1v) is 10.9. The van der Waals surface area contributed by atoms with Gasteiger partial charge in [0.2, 0.25) is 5.43 Å². The highest BCUT2D eigenvalue weighted by atomic mass is 16.2. The summed E-state index contributed by atoms with van der Waals surface area (Å²) < 4.78 is 2.16. The molecule has 1 aromatic heterocycles. The van der Waals surface area contributed by atoms with Gasteiger partial charge in [0.1, 0.15) is 5.69 Å². The molecule has 0 saturated heterocycles. The number of aromatic nitrogens is 1. The summed E-state index contributed by atoms with van der Waals surface area (Å²) >= 11 is 0. The fourth-order valence-electron chi connectivity index (χ4n) is 4.28. The number of anilines is 2. The van der Waals surface area contributed by atoms with Gasteiger partial charge in [0.15, 0.2) is 0 Å². The first-order chi connectivity index (χ1) is 15.6. The lowest BCUT2D eigenvalue weighted by molar-refractivity contribution is 0.831. The first-order valence-electron chi connectivity index (χ1n) is 10.9. The number of fused-ring (bicyclic) bond motifs is 1. The minimum atomic E-state index is -0.463. The number of rotatable bonds is 6. The van der Waals surface area contributed by atoms with E-state index in [4.69, 9.17) is 0 Å². The Bertz CT molecular complexity index is 1500. The second-order valence-electron chi connectivity index (χ2n) is 8.20. The Morgan fingerprint density at radius 2 is 1.56 bits per heavy atom. The smallest absolute Gasteiger partial charge is 0.250 e. The summed E-state index contributed by atoms with van der Waals surface area (Å²) in [6, 6.07) is 24.3. The summed E-state index contributed by atoms with van der Waals surface area (Å²) in [6.07, 6.45) is 2.95.